The van der Waals surface area contributed by atoms with Gasteiger partial charge in [-0.3, -0.25) is 0 Å². The molecule has 1 aromatic rings. The van der Waals surface area contributed by atoms with Crippen LogP contribution in [0.1, 0.15) is 39.7 Å². The summed E-state index contributed by atoms with van der Waals surface area (Å²) in [5.74, 6) is 2.60. The second kappa shape index (κ2) is 6.38. The Kier molecular flexibility index (Phi) is 4.81. The van der Waals surface area contributed by atoms with Crippen LogP contribution in [0.2, 0.25) is 0 Å². The van der Waals surface area contributed by atoms with Gasteiger partial charge in [0.2, 0.25) is 0 Å². The second-order valence-corrected chi connectivity index (χ2v) is 6.39. The van der Waals surface area contributed by atoms with Gasteiger partial charge in [0.15, 0.2) is 0 Å². The van der Waals surface area contributed by atoms with E-state index in [4.69, 9.17) is 0 Å². The lowest BCUT2D eigenvalue weighted by Gasteiger charge is -2.22. The lowest BCUT2D eigenvalue weighted by atomic mass is 10.1. The lowest BCUT2D eigenvalue weighted by molar-refractivity contribution is 0.552. The minimum atomic E-state index is 0.618. The third-order valence-electron chi connectivity index (χ3n) is 3.77. The van der Waals surface area contributed by atoms with E-state index in [1.807, 2.05) is 6.20 Å². The summed E-state index contributed by atoms with van der Waals surface area (Å²) in [6, 6.07) is 4.99. The first kappa shape index (κ1) is 14.3. The summed E-state index contributed by atoms with van der Waals surface area (Å²) >= 11 is 0. The average molecular weight is 261 g/mol. The van der Waals surface area contributed by atoms with Gasteiger partial charge in [-0.25, -0.2) is 4.98 Å². The molecule has 2 atom stereocenters. The molecule has 0 saturated carbocycles. The van der Waals surface area contributed by atoms with Crippen molar-refractivity contribution in [3.8, 4) is 0 Å². The van der Waals surface area contributed by atoms with Crippen molar-refractivity contribution < 1.29 is 0 Å². The topological polar surface area (TPSA) is 28.2 Å². The number of anilines is 1. The van der Waals surface area contributed by atoms with Crippen molar-refractivity contribution in [3.63, 3.8) is 0 Å². The molecule has 1 N–H and O–H groups in total. The maximum Gasteiger partial charge on any atom is 0.128 e. The molecule has 0 spiro atoms. The van der Waals surface area contributed by atoms with Crippen molar-refractivity contribution in [1.82, 2.24) is 10.3 Å². The molecule has 0 aliphatic carbocycles. The van der Waals surface area contributed by atoms with Gasteiger partial charge in [-0.2, -0.15) is 0 Å². The number of aromatic nitrogens is 1. The molecule has 0 aromatic carbocycles. The smallest absolute Gasteiger partial charge is 0.128 e. The van der Waals surface area contributed by atoms with Crippen LogP contribution in [0.5, 0.6) is 0 Å². The van der Waals surface area contributed by atoms with Crippen LogP contribution in [0.3, 0.4) is 0 Å². The molecule has 1 aliphatic rings. The van der Waals surface area contributed by atoms with Crippen LogP contribution in [0.15, 0.2) is 18.3 Å². The number of hydrogen-bond acceptors (Lipinski definition) is 3. The van der Waals surface area contributed by atoms with Crippen molar-refractivity contribution in [2.75, 3.05) is 18.0 Å². The Labute approximate surface area is 117 Å². The maximum atomic E-state index is 4.63. The first-order chi connectivity index (χ1) is 9.06. The van der Waals surface area contributed by atoms with Crippen molar-refractivity contribution >= 4 is 5.82 Å². The Hall–Kier alpha value is -1.09. The molecule has 0 bridgehead atoms. The molecule has 2 rings (SSSR count). The molecule has 3 nitrogen and oxygen atoms in total. The van der Waals surface area contributed by atoms with Gasteiger partial charge in [-0.15, -0.1) is 0 Å². The average Bonchev–Trinajstić information content (AvgIpc) is 2.69. The molecule has 3 heteroatoms. The van der Waals surface area contributed by atoms with E-state index >= 15 is 0 Å². The largest absolute Gasteiger partial charge is 0.354 e. The van der Waals surface area contributed by atoms with E-state index in [2.05, 4.69) is 55.0 Å². The molecule has 1 aliphatic heterocycles. The summed E-state index contributed by atoms with van der Waals surface area (Å²) in [6.45, 7) is 12.2. The molecule has 2 unspecified atom stereocenters. The van der Waals surface area contributed by atoms with Crippen LogP contribution in [-0.4, -0.2) is 24.1 Å². The minimum Gasteiger partial charge on any atom is -0.354 e. The number of hydrogen-bond donors (Lipinski definition) is 1. The summed E-state index contributed by atoms with van der Waals surface area (Å²) in [7, 11) is 0. The number of nitrogens with zero attached hydrogens (tertiary/aromatic N) is 2. The number of nitrogens with one attached hydrogen (secondary N) is 1. The molecule has 106 valence electrons. The van der Waals surface area contributed by atoms with Gasteiger partial charge in [-0.05, 0) is 43.4 Å². The fourth-order valence-corrected chi connectivity index (χ4v) is 2.82. The van der Waals surface area contributed by atoms with Crippen molar-refractivity contribution in [2.24, 2.45) is 11.8 Å². The molecular weight excluding hydrogens is 234 g/mol. The van der Waals surface area contributed by atoms with Gasteiger partial charge < -0.3 is 10.2 Å². The van der Waals surface area contributed by atoms with Gasteiger partial charge in [0.25, 0.3) is 0 Å². The highest BCUT2D eigenvalue weighted by Crippen LogP contribution is 2.27. The zero-order valence-electron chi connectivity index (χ0n) is 12.7. The van der Waals surface area contributed by atoms with Gasteiger partial charge in [-0.1, -0.05) is 26.8 Å². The molecule has 1 aromatic heterocycles. The van der Waals surface area contributed by atoms with E-state index < -0.39 is 0 Å². The summed E-state index contributed by atoms with van der Waals surface area (Å²) < 4.78 is 0. The van der Waals surface area contributed by atoms with E-state index in [9.17, 15) is 0 Å². The number of rotatable bonds is 5. The van der Waals surface area contributed by atoms with Crippen molar-refractivity contribution in [2.45, 2.75) is 46.7 Å². The van der Waals surface area contributed by atoms with E-state index in [0.29, 0.717) is 12.0 Å². The SMILES string of the molecule is CC(C)CNCc1ccc(N2CC(C)CC2C)nc1. The fourth-order valence-electron chi connectivity index (χ4n) is 2.82. The highest BCUT2D eigenvalue weighted by Gasteiger charge is 2.26. The Morgan fingerprint density at radius 3 is 2.68 bits per heavy atom. The molecule has 1 fully saturated rings. The third kappa shape index (κ3) is 3.93. The Morgan fingerprint density at radius 1 is 1.37 bits per heavy atom. The fraction of sp³-hybridized carbons (Fsp3) is 0.688. The standard InChI is InChI=1S/C16H27N3/c1-12(2)8-17-9-15-5-6-16(18-10-15)19-11-13(3)7-14(19)4/h5-6,10,12-14,17H,7-9,11H2,1-4H3. The molecule has 19 heavy (non-hydrogen) atoms. The van der Waals surface area contributed by atoms with Gasteiger partial charge in [0.05, 0.1) is 0 Å². The highest BCUT2D eigenvalue weighted by atomic mass is 15.2. The molecule has 2 heterocycles. The Balaban J connectivity index is 1.91. The van der Waals surface area contributed by atoms with Crippen LogP contribution in [-0.2, 0) is 6.54 Å². The van der Waals surface area contributed by atoms with Crippen LogP contribution < -0.4 is 10.2 Å². The van der Waals surface area contributed by atoms with E-state index in [1.54, 1.807) is 0 Å². The predicted molar refractivity (Wildman–Crippen MR) is 81.4 cm³/mol. The van der Waals surface area contributed by atoms with E-state index in [-0.39, 0.29) is 0 Å². The molecular formula is C16H27N3. The zero-order valence-corrected chi connectivity index (χ0v) is 12.7. The number of pyridine rings is 1. The first-order valence-corrected chi connectivity index (χ1v) is 7.48. The molecule has 0 radical (unpaired) electrons. The van der Waals surface area contributed by atoms with Gasteiger partial charge >= 0.3 is 0 Å². The Bertz CT molecular complexity index is 385. The normalized spacial score (nSPS) is 23.3. The van der Waals surface area contributed by atoms with Crippen molar-refractivity contribution in [1.29, 1.82) is 0 Å². The van der Waals surface area contributed by atoms with Crippen LogP contribution in [0.25, 0.3) is 0 Å². The van der Waals surface area contributed by atoms with Crippen molar-refractivity contribution in [3.05, 3.63) is 23.9 Å². The van der Waals surface area contributed by atoms with Gasteiger partial charge in [0, 0.05) is 25.3 Å². The minimum absolute atomic E-state index is 0.618. The summed E-state index contributed by atoms with van der Waals surface area (Å²) in [5, 5.41) is 3.45. The van der Waals surface area contributed by atoms with Crippen LogP contribution >= 0.6 is 0 Å². The predicted octanol–water partition coefficient (Wildman–Crippen LogP) is 3.06. The lowest BCUT2D eigenvalue weighted by Crippen LogP contribution is -2.27. The summed E-state index contributed by atoms with van der Waals surface area (Å²) in [4.78, 5) is 7.06. The zero-order chi connectivity index (χ0) is 13.8. The van der Waals surface area contributed by atoms with Crippen LogP contribution in [0, 0.1) is 11.8 Å². The maximum absolute atomic E-state index is 4.63. The quantitative estimate of drug-likeness (QED) is 0.883. The van der Waals surface area contributed by atoms with E-state index in [1.165, 1.54) is 12.0 Å². The van der Waals surface area contributed by atoms with E-state index in [0.717, 1.165) is 31.4 Å². The molecule has 0 amide bonds. The second-order valence-electron chi connectivity index (χ2n) is 6.39. The van der Waals surface area contributed by atoms with Gasteiger partial charge in [0.1, 0.15) is 5.82 Å². The summed E-state index contributed by atoms with van der Waals surface area (Å²) in [5.41, 5.74) is 1.27. The first-order valence-electron chi connectivity index (χ1n) is 7.48. The monoisotopic (exact) mass is 261 g/mol. The Morgan fingerprint density at radius 2 is 2.16 bits per heavy atom. The summed E-state index contributed by atoms with van der Waals surface area (Å²) in [6.07, 6.45) is 3.29. The highest BCUT2D eigenvalue weighted by molar-refractivity contribution is 5.41. The third-order valence-corrected chi connectivity index (χ3v) is 3.77. The van der Waals surface area contributed by atoms with Crippen LogP contribution in [0.4, 0.5) is 5.82 Å². The molecule has 1 saturated heterocycles.